The van der Waals surface area contributed by atoms with E-state index in [9.17, 15) is 4.79 Å². The van der Waals surface area contributed by atoms with E-state index in [-0.39, 0.29) is 6.03 Å². The van der Waals surface area contributed by atoms with Crippen LogP contribution in [-0.2, 0) is 6.42 Å². The summed E-state index contributed by atoms with van der Waals surface area (Å²) in [6, 6.07) is 10.4. The maximum absolute atomic E-state index is 12.1. The molecule has 1 unspecified atom stereocenters. The SMILES string of the molecule is CC1CCCN(C(=O)NCCc2ccccc2)CC1. The Kier molecular flexibility index (Phi) is 5.25. The van der Waals surface area contributed by atoms with Crippen LogP contribution in [0.3, 0.4) is 0 Å². The van der Waals surface area contributed by atoms with Gasteiger partial charge in [-0.2, -0.15) is 0 Å². The van der Waals surface area contributed by atoms with Crippen molar-refractivity contribution in [2.24, 2.45) is 5.92 Å². The van der Waals surface area contributed by atoms with E-state index in [4.69, 9.17) is 0 Å². The monoisotopic (exact) mass is 260 g/mol. The number of benzene rings is 1. The first-order valence-corrected chi connectivity index (χ1v) is 7.32. The molecule has 1 aromatic rings. The van der Waals surface area contributed by atoms with Crippen LogP contribution >= 0.6 is 0 Å². The number of urea groups is 1. The highest BCUT2D eigenvalue weighted by molar-refractivity contribution is 5.74. The minimum Gasteiger partial charge on any atom is -0.338 e. The zero-order valence-corrected chi connectivity index (χ0v) is 11.8. The van der Waals surface area contributed by atoms with Crippen molar-refractivity contribution < 1.29 is 4.79 Å². The maximum Gasteiger partial charge on any atom is 0.317 e. The van der Waals surface area contributed by atoms with Crippen LogP contribution in [0.5, 0.6) is 0 Å². The fourth-order valence-electron chi connectivity index (χ4n) is 2.54. The Morgan fingerprint density at radius 3 is 2.84 bits per heavy atom. The molecule has 1 N–H and O–H groups in total. The number of carbonyl (C=O) groups is 1. The Bertz CT molecular complexity index is 391. The fraction of sp³-hybridized carbons (Fsp3) is 0.562. The molecule has 1 aliphatic rings. The topological polar surface area (TPSA) is 32.3 Å². The van der Waals surface area contributed by atoms with E-state index in [2.05, 4.69) is 24.4 Å². The molecule has 2 amide bonds. The molecule has 0 saturated carbocycles. The van der Waals surface area contributed by atoms with E-state index in [1.165, 1.54) is 12.0 Å². The molecule has 1 aliphatic heterocycles. The molecule has 0 aliphatic carbocycles. The number of rotatable bonds is 3. The van der Waals surface area contributed by atoms with Crippen LogP contribution in [0.15, 0.2) is 30.3 Å². The average molecular weight is 260 g/mol. The predicted molar refractivity (Wildman–Crippen MR) is 78.1 cm³/mol. The average Bonchev–Trinajstić information content (AvgIpc) is 2.65. The number of amides is 2. The van der Waals surface area contributed by atoms with Crippen molar-refractivity contribution in [3.8, 4) is 0 Å². The van der Waals surface area contributed by atoms with Crippen molar-refractivity contribution in [3.05, 3.63) is 35.9 Å². The molecule has 1 saturated heterocycles. The Morgan fingerprint density at radius 1 is 1.26 bits per heavy atom. The normalized spacial score (nSPS) is 19.8. The quantitative estimate of drug-likeness (QED) is 0.890. The molecule has 3 heteroatoms. The van der Waals surface area contributed by atoms with Crippen LogP contribution in [0.25, 0.3) is 0 Å². The smallest absolute Gasteiger partial charge is 0.317 e. The summed E-state index contributed by atoms with van der Waals surface area (Å²) >= 11 is 0. The van der Waals surface area contributed by atoms with Gasteiger partial charge in [0.1, 0.15) is 0 Å². The van der Waals surface area contributed by atoms with Gasteiger partial charge in [-0.05, 0) is 37.2 Å². The number of carbonyl (C=O) groups excluding carboxylic acids is 1. The summed E-state index contributed by atoms with van der Waals surface area (Å²) in [4.78, 5) is 14.0. The fourth-order valence-corrected chi connectivity index (χ4v) is 2.54. The molecule has 1 fully saturated rings. The Balaban J connectivity index is 1.72. The van der Waals surface area contributed by atoms with Gasteiger partial charge in [0.15, 0.2) is 0 Å². The van der Waals surface area contributed by atoms with E-state index >= 15 is 0 Å². The highest BCUT2D eigenvalue weighted by atomic mass is 16.2. The summed E-state index contributed by atoms with van der Waals surface area (Å²) < 4.78 is 0. The van der Waals surface area contributed by atoms with Crippen molar-refractivity contribution in [1.82, 2.24) is 10.2 Å². The molecular weight excluding hydrogens is 236 g/mol. The minimum atomic E-state index is 0.102. The van der Waals surface area contributed by atoms with Crippen molar-refractivity contribution in [2.45, 2.75) is 32.6 Å². The Labute approximate surface area is 116 Å². The van der Waals surface area contributed by atoms with Crippen LogP contribution < -0.4 is 5.32 Å². The molecule has 1 heterocycles. The molecular formula is C16H24N2O. The van der Waals surface area contributed by atoms with E-state index in [1.54, 1.807) is 0 Å². The van der Waals surface area contributed by atoms with Crippen LogP contribution in [0, 0.1) is 5.92 Å². The zero-order valence-electron chi connectivity index (χ0n) is 11.8. The highest BCUT2D eigenvalue weighted by Gasteiger charge is 2.17. The minimum absolute atomic E-state index is 0.102. The second-order valence-electron chi connectivity index (χ2n) is 5.49. The lowest BCUT2D eigenvalue weighted by Gasteiger charge is -2.21. The first-order valence-electron chi connectivity index (χ1n) is 7.32. The third-order valence-corrected chi connectivity index (χ3v) is 3.84. The second kappa shape index (κ2) is 7.17. The summed E-state index contributed by atoms with van der Waals surface area (Å²) in [7, 11) is 0. The molecule has 104 valence electrons. The van der Waals surface area contributed by atoms with Crippen LogP contribution in [0.1, 0.15) is 31.7 Å². The summed E-state index contributed by atoms with van der Waals surface area (Å²) in [6.45, 7) is 4.80. The third-order valence-electron chi connectivity index (χ3n) is 3.84. The molecule has 0 aromatic heterocycles. The number of nitrogens with one attached hydrogen (secondary N) is 1. The van der Waals surface area contributed by atoms with Gasteiger partial charge in [-0.1, -0.05) is 37.3 Å². The number of hydrogen-bond acceptors (Lipinski definition) is 1. The lowest BCUT2D eigenvalue weighted by molar-refractivity contribution is 0.199. The van der Waals surface area contributed by atoms with Gasteiger partial charge in [0, 0.05) is 19.6 Å². The number of hydrogen-bond donors (Lipinski definition) is 1. The molecule has 1 atom stereocenters. The molecule has 0 radical (unpaired) electrons. The van der Waals surface area contributed by atoms with Gasteiger partial charge in [0.2, 0.25) is 0 Å². The zero-order chi connectivity index (χ0) is 13.5. The summed E-state index contributed by atoms with van der Waals surface area (Å²) in [5.74, 6) is 0.752. The lowest BCUT2D eigenvalue weighted by Crippen LogP contribution is -2.41. The van der Waals surface area contributed by atoms with E-state index < -0.39 is 0 Å². The molecule has 0 bridgehead atoms. The van der Waals surface area contributed by atoms with E-state index in [0.717, 1.165) is 44.8 Å². The molecule has 0 spiro atoms. The van der Waals surface area contributed by atoms with Gasteiger partial charge in [-0.15, -0.1) is 0 Å². The van der Waals surface area contributed by atoms with Gasteiger partial charge >= 0.3 is 6.03 Å². The van der Waals surface area contributed by atoms with Crippen LogP contribution in [0.2, 0.25) is 0 Å². The Hall–Kier alpha value is -1.51. The molecule has 2 rings (SSSR count). The van der Waals surface area contributed by atoms with Crippen molar-refractivity contribution in [2.75, 3.05) is 19.6 Å². The van der Waals surface area contributed by atoms with Gasteiger partial charge in [-0.25, -0.2) is 4.79 Å². The summed E-state index contributed by atoms with van der Waals surface area (Å²) in [6.07, 6.45) is 4.41. The third kappa shape index (κ3) is 4.58. The maximum atomic E-state index is 12.1. The largest absolute Gasteiger partial charge is 0.338 e. The first-order chi connectivity index (χ1) is 9.25. The first kappa shape index (κ1) is 13.9. The predicted octanol–water partition coefficient (Wildman–Crippen LogP) is 3.06. The molecule has 19 heavy (non-hydrogen) atoms. The van der Waals surface area contributed by atoms with Gasteiger partial charge in [0.25, 0.3) is 0 Å². The summed E-state index contributed by atoms with van der Waals surface area (Å²) in [5, 5.41) is 3.03. The van der Waals surface area contributed by atoms with Crippen molar-refractivity contribution in [3.63, 3.8) is 0 Å². The Morgan fingerprint density at radius 2 is 2.05 bits per heavy atom. The molecule has 1 aromatic carbocycles. The van der Waals surface area contributed by atoms with Gasteiger partial charge < -0.3 is 10.2 Å². The number of likely N-dealkylation sites (tertiary alicyclic amines) is 1. The van der Waals surface area contributed by atoms with E-state index in [1.807, 2.05) is 23.1 Å². The van der Waals surface area contributed by atoms with Gasteiger partial charge in [0.05, 0.1) is 0 Å². The highest BCUT2D eigenvalue weighted by Crippen LogP contribution is 2.16. The standard InChI is InChI=1S/C16H24N2O/c1-14-6-5-12-18(13-10-14)16(19)17-11-9-15-7-3-2-4-8-15/h2-4,7-8,14H,5-6,9-13H2,1H3,(H,17,19). The number of nitrogens with zero attached hydrogens (tertiary/aromatic N) is 1. The second-order valence-corrected chi connectivity index (χ2v) is 5.49. The summed E-state index contributed by atoms with van der Waals surface area (Å²) in [5.41, 5.74) is 1.27. The van der Waals surface area contributed by atoms with Gasteiger partial charge in [-0.3, -0.25) is 0 Å². The van der Waals surface area contributed by atoms with Crippen molar-refractivity contribution >= 4 is 6.03 Å². The lowest BCUT2D eigenvalue weighted by atomic mass is 10.0. The van der Waals surface area contributed by atoms with Crippen LogP contribution in [0.4, 0.5) is 4.79 Å². The molecule has 3 nitrogen and oxygen atoms in total. The van der Waals surface area contributed by atoms with Crippen LogP contribution in [-0.4, -0.2) is 30.6 Å². The van der Waals surface area contributed by atoms with E-state index in [0.29, 0.717) is 0 Å². The van der Waals surface area contributed by atoms with Crippen molar-refractivity contribution in [1.29, 1.82) is 0 Å².